The fourth-order valence-corrected chi connectivity index (χ4v) is 2.86. The molecule has 1 aliphatic heterocycles. The fourth-order valence-electron chi connectivity index (χ4n) is 2.86. The molecule has 0 amide bonds. The van der Waals surface area contributed by atoms with Crippen molar-refractivity contribution in [3.05, 3.63) is 35.4 Å². The van der Waals surface area contributed by atoms with Gasteiger partial charge in [-0.1, -0.05) is 18.2 Å². The lowest BCUT2D eigenvalue weighted by atomic mass is 9.98. The monoisotopic (exact) mass is 271 g/mol. The molecule has 3 heteroatoms. The highest BCUT2D eigenvalue weighted by atomic mass is 15.1. The van der Waals surface area contributed by atoms with Gasteiger partial charge in [0.05, 0.1) is 11.6 Å². The van der Waals surface area contributed by atoms with Crippen molar-refractivity contribution in [1.29, 1.82) is 5.26 Å². The minimum atomic E-state index is 0.503. The lowest BCUT2D eigenvalue weighted by molar-refractivity contribution is 0.164. The van der Waals surface area contributed by atoms with Crippen molar-refractivity contribution in [2.45, 2.75) is 39.3 Å². The molecule has 1 unspecified atom stereocenters. The van der Waals surface area contributed by atoms with E-state index in [2.05, 4.69) is 36.2 Å². The second-order valence-electron chi connectivity index (χ2n) is 6.00. The van der Waals surface area contributed by atoms with Gasteiger partial charge in [0.1, 0.15) is 0 Å². The normalized spacial score (nSPS) is 19.2. The Balaban J connectivity index is 2.03. The van der Waals surface area contributed by atoms with Crippen LogP contribution in [-0.2, 0) is 6.54 Å². The maximum Gasteiger partial charge on any atom is 0.0995 e. The van der Waals surface area contributed by atoms with Crippen LogP contribution in [0.25, 0.3) is 0 Å². The SMILES string of the molecule is CC(C)N(Cc1ccccc1C#N)CC1CCCNC1. The molecule has 1 atom stereocenters. The smallest absolute Gasteiger partial charge is 0.0995 e. The minimum Gasteiger partial charge on any atom is -0.316 e. The quantitative estimate of drug-likeness (QED) is 0.895. The zero-order chi connectivity index (χ0) is 14.4. The van der Waals surface area contributed by atoms with Crippen LogP contribution in [0.5, 0.6) is 0 Å². The van der Waals surface area contributed by atoms with E-state index < -0.39 is 0 Å². The van der Waals surface area contributed by atoms with E-state index in [1.54, 1.807) is 0 Å². The number of benzene rings is 1. The second-order valence-corrected chi connectivity index (χ2v) is 6.00. The van der Waals surface area contributed by atoms with E-state index in [4.69, 9.17) is 0 Å². The van der Waals surface area contributed by atoms with Crippen LogP contribution in [0.3, 0.4) is 0 Å². The van der Waals surface area contributed by atoms with Gasteiger partial charge in [-0.15, -0.1) is 0 Å². The first-order chi connectivity index (χ1) is 9.70. The molecular formula is C17H25N3. The molecule has 3 nitrogen and oxygen atoms in total. The summed E-state index contributed by atoms with van der Waals surface area (Å²) in [6.45, 7) is 8.76. The molecule has 0 spiro atoms. The van der Waals surface area contributed by atoms with Crippen molar-refractivity contribution in [3.8, 4) is 6.07 Å². The highest BCUT2D eigenvalue weighted by molar-refractivity contribution is 5.37. The van der Waals surface area contributed by atoms with Crippen LogP contribution >= 0.6 is 0 Å². The van der Waals surface area contributed by atoms with Crippen molar-refractivity contribution in [2.75, 3.05) is 19.6 Å². The van der Waals surface area contributed by atoms with E-state index in [1.165, 1.54) is 12.8 Å². The Hall–Kier alpha value is -1.37. The third-order valence-electron chi connectivity index (χ3n) is 4.13. The molecule has 0 aliphatic carbocycles. The molecule has 0 radical (unpaired) electrons. The Morgan fingerprint density at radius 3 is 2.85 bits per heavy atom. The van der Waals surface area contributed by atoms with E-state index in [1.807, 2.05) is 18.2 Å². The van der Waals surface area contributed by atoms with Crippen molar-refractivity contribution in [2.24, 2.45) is 5.92 Å². The average molecular weight is 271 g/mol. The van der Waals surface area contributed by atoms with Gasteiger partial charge in [-0.05, 0) is 57.3 Å². The van der Waals surface area contributed by atoms with E-state index >= 15 is 0 Å². The highest BCUT2D eigenvalue weighted by Gasteiger charge is 2.19. The van der Waals surface area contributed by atoms with Gasteiger partial charge >= 0.3 is 0 Å². The summed E-state index contributed by atoms with van der Waals surface area (Å²) in [5.74, 6) is 0.736. The molecule has 1 aliphatic rings. The predicted molar refractivity (Wildman–Crippen MR) is 82.3 cm³/mol. The standard InChI is InChI=1S/C17H25N3/c1-14(2)20(12-15-6-5-9-19-11-15)13-17-8-4-3-7-16(17)10-18/h3-4,7-8,14-15,19H,5-6,9,11-13H2,1-2H3. The average Bonchev–Trinajstić information content (AvgIpc) is 2.48. The van der Waals surface area contributed by atoms with Crippen molar-refractivity contribution in [3.63, 3.8) is 0 Å². The Kier molecular flexibility index (Phi) is 5.58. The first-order valence-electron chi connectivity index (χ1n) is 7.63. The second kappa shape index (κ2) is 7.42. The molecule has 0 bridgehead atoms. The topological polar surface area (TPSA) is 39.1 Å². The van der Waals surface area contributed by atoms with E-state index in [0.29, 0.717) is 6.04 Å². The summed E-state index contributed by atoms with van der Waals surface area (Å²) in [6.07, 6.45) is 2.60. The molecule has 1 N–H and O–H groups in total. The van der Waals surface area contributed by atoms with Crippen LogP contribution in [0, 0.1) is 17.2 Å². The maximum atomic E-state index is 9.21. The molecule has 1 aromatic rings. The number of hydrogen-bond donors (Lipinski definition) is 1. The molecule has 1 aromatic carbocycles. The summed E-state index contributed by atoms with van der Waals surface area (Å²) < 4.78 is 0. The molecule has 0 saturated carbocycles. The van der Waals surface area contributed by atoms with Crippen LogP contribution in [0.4, 0.5) is 0 Å². The van der Waals surface area contributed by atoms with Gasteiger partial charge in [0.2, 0.25) is 0 Å². The molecule has 20 heavy (non-hydrogen) atoms. The van der Waals surface area contributed by atoms with Gasteiger partial charge in [0.15, 0.2) is 0 Å². The number of nitrogens with zero attached hydrogens (tertiary/aromatic N) is 2. The number of piperidine rings is 1. The molecule has 2 rings (SSSR count). The lowest BCUT2D eigenvalue weighted by Crippen LogP contribution is -2.40. The molecule has 1 saturated heterocycles. The first kappa shape index (κ1) is 15.0. The maximum absolute atomic E-state index is 9.21. The first-order valence-corrected chi connectivity index (χ1v) is 7.63. The van der Waals surface area contributed by atoms with Gasteiger partial charge in [-0.25, -0.2) is 0 Å². The van der Waals surface area contributed by atoms with Gasteiger partial charge in [0, 0.05) is 19.1 Å². The summed E-state index contributed by atoms with van der Waals surface area (Å²) in [5, 5.41) is 12.7. The fraction of sp³-hybridized carbons (Fsp3) is 0.588. The van der Waals surface area contributed by atoms with Crippen LogP contribution in [0.1, 0.15) is 37.8 Å². The molecule has 1 fully saturated rings. The minimum absolute atomic E-state index is 0.503. The summed E-state index contributed by atoms with van der Waals surface area (Å²) in [7, 11) is 0. The van der Waals surface area contributed by atoms with Crippen LogP contribution in [0.2, 0.25) is 0 Å². The van der Waals surface area contributed by atoms with Crippen LogP contribution in [0.15, 0.2) is 24.3 Å². The molecule has 1 heterocycles. The van der Waals surface area contributed by atoms with Gasteiger partial charge in [-0.2, -0.15) is 5.26 Å². The number of rotatable bonds is 5. The van der Waals surface area contributed by atoms with Gasteiger partial charge in [-0.3, -0.25) is 4.90 Å². The van der Waals surface area contributed by atoms with Crippen molar-refractivity contribution < 1.29 is 0 Å². The summed E-state index contributed by atoms with van der Waals surface area (Å²) in [5.41, 5.74) is 1.95. The molecular weight excluding hydrogens is 246 g/mol. The van der Waals surface area contributed by atoms with Crippen molar-refractivity contribution in [1.82, 2.24) is 10.2 Å². The number of nitriles is 1. The lowest BCUT2D eigenvalue weighted by Gasteiger charge is -2.33. The zero-order valence-electron chi connectivity index (χ0n) is 12.6. The van der Waals surface area contributed by atoms with Gasteiger partial charge in [0.25, 0.3) is 0 Å². The van der Waals surface area contributed by atoms with E-state index in [-0.39, 0.29) is 0 Å². The molecule has 108 valence electrons. The van der Waals surface area contributed by atoms with Crippen molar-refractivity contribution >= 4 is 0 Å². The van der Waals surface area contributed by atoms with Gasteiger partial charge < -0.3 is 5.32 Å². The molecule has 0 aromatic heterocycles. The predicted octanol–water partition coefficient (Wildman–Crippen LogP) is 2.77. The van der Waals surface area contributed by atoms with E-state index in [0.717, 1.165) is 43.2 Å². The van der Waals surface area contributed by atoms with Crippen LogP contribution in [-0.4, -0.2) is 30.6 Å². The summed E-state index contributed by atoms with van der Waals surface area (Å²) in [6, 6.07) is 10.8. The third kappa shape index (κ3) is 4.06. The Morgan fingerprint density at radius 1 is 1.40 bits per heavy atom. The zero-order valence-corrected chi connectivity index (χ0v) is 12.6. The number of hydrogen-bond acceptors (Lipinski definition) is 3. The van der Waals surface area contributed by atoms with Crippen LogP contribution < -0.4 is 5.32 Å². The van der Waals surface area contributed by atoms with E-state index in [9.17, 15) is 5.26 Å². The third-order valence-corrected chi connectivity index (χ3v) is 4.13. The highest BCUT2D eigenvalue weighted by Crippen LogP contribution is 2.17. The summed E-state index contributed by atoms with van der Waals surface area (Å²) >= 11 is 0. The Labute approximate surface area is 122 Å². The largest absolute Gasteiger partial charge is 0.316 e. The Bertz CT molecular complexity index is 456. The summed E-state index contributed by atoms with van der Waals surface area (Å²) in [4.78, 5) is 2.49. The number of nitrogens with one attached hydrogen (secondary N) is 1. The Morgan fingerprint density at radius 2 is 2.20 bits per heavy atom.